The van der Waals surface area contributed by atoms with Gasteiger partial charge in [0.15, 0.2) is 0 Å². The van der Waals surface area contributed by atoms with E-state index in [1.165, 1.54) is 4.90 Å². The summed E-state index contributed by atoms with van der Waals surface area (Å²) in [5, 5.41) is 13.0. The number of halogens is 3. The van der Waals surface area contributed by atoms with Crippen LogP contribution in [0.5, 0.6) is 0 Å². The number of aliphatic hydroxyl groups is 1. The van der Waals surface area contributed by atoms with E-state index in [1.54, 1.807) is 6.92 Å². The highest BCUT2D eigenvalue weighted by molar-refractivity contribution is 4.96. The average molecular weight is 296 g/mol. The van der Waals surface area contributed by atoms with Crippen LogP contribution in [0.4, 0.5) is 13.2 Å². The monoisotopic (exact) mass is 296 g/mol. The minimum atomic E-state index is -4.16. The molecule has 120 valence electrons. The lowest BCUT2D eigenvalue weighted by Crippen LogP contribution is -2.56. The van der Waals surface area contributed by atoms with Gasteiger partial charge in [-0.3, -0.25) is 4.90 Å². The molecule has 0 aromatic carbocycles. The van der Waals surface area contributed by atoms with Crippen molar-refractivity contribution >= 4 is 0 Å². The van der Waals surface area contributed by atoms with E-state index in [0.29, 0.717) is 13.0 Å². The number of alkyl halides is 3. The van der Waals surface area contributed by atoms with Gasteiger partial charge in [0, 0.05) is 11.6 Å². The number of nitrogens with zero attached hydrogens (tertiary/aromatic N) is 1. The van der Waals surface area contributed by atoms with Gasteiger partial charge in [-0.2, -0.15) is 13.2 Å². The van der Waals surface area contributed by atoms with Gasteiger partial charge in [-0.15, -0.1) is 0 Å². The number of rotatable bonds is 7. The fraction of sp³-hybridized carbons (Fsp3) is 1.00. The zero-order chi connectivity index (χ0) is 15.2. The number of hydrogen-bond acceptors (Lipinski definition) is 3. The molecule has 1 rings (SSSR count). The first kappa shape index (κ1) is 17.7. The van der Waals surface area contributed by atoms with Crippen LogP contribution in [-0.2, 0) is 0 Å². The van der Waals surface area contributed by atoms with Crippen molar-refractivity contribution in [3.05, 3.63) is 0 Å². The first-order valence-corrected chi connectivity index (χ1v) is 7.52. The zero-order valence-electron chi connectivity index (χ0n) is 12.5. The molecule has 1 saturated carbocycles. The van der Waals surface area contributed by atoms with Crippen LogP contribution in [0.15, 0.2) is 0 Å². The van der Waals surface area contributed by atoms with E-state index in [1.807, 2.05) is 6.92 Å². The topological polar surface area (TPSA) is 35.5 Å². The molecule has 0 bridgehead atoms. The van der Waals surface area contributed by atoms with Gasteiger partial charge in [-0.25, -0.2) is 0 Å². The van der Waals surface area contributed by atoms with Gasteiger partial charge in [0.2, 0.25) is 0 Å². The summed E-state index contributed by atoms with van der Waals surface area (Å²) in [6.45, 7) is 4.12. The molecule has 0 aromatic heterocycles. The third kappa shape index (κ3) is 5.22. The highest BCUT2D eigenvalue weighted by Crippen LogP contribution is 2.32. The zero-order valence-corrected chi connectivity index (χ0v) is 12.5. The van der Waals surface area contributed by atoms with E-state index in [9.17, 15) is 18.3 Å². The Bertz CT molecular complexity index is 286. The summed E-state index contributed by atoms with van der Waals surface area (Å²) < 4.78 is 37.9. The highest BCUT2D eigenvalue weighted by Gasteiger charge is 2.40. The maximum Gasteiger partial charge on any atom is 0.401 e. The predicted octanol–water partition coefficient (Wildman–Crippen LogP) is 2.54. The largest absolute Gasteiger partial charge is 0.401 e. The quantitative estimate of drug-likeness (QED) is 0.758. The molecule has 20 heavy (non-hydrogen) atoms. The summed E-state index contributed by atoms with van der Waals surface area (Å²) in [6, 6.07) is -0.105. The standard InChI is InChI=1S/C14H27F3N2O/c1-3-8-18-13(11-20)7-5-6-12(9-13)19(4-2)10-14(15,16)17/h12,18,20H,3-11H2,1-2H3. The highest BCUT2D eigenvalue weighted by atomic mass is 19.4. The normalized spacial score (nSPS) is 28.1. The minimum absolute atomic E-state index is 0.00687. The van der Waals surface area contributed by atoms with Crippen LogP contribution in [0.25, 0.3) is 0 Å². The lowest BCUT2D eigenvalue weighted by Gasteiger charge is -2.44. The second-order valence-corrected chi connectivity index (χ2v) is 5.79. The average Bonchev–Trinajstić information content (AvgIpc) is 2.42. The predicted molar refractivity (Wildman–Crippen MR) is 73.7 cm³/mol. The lowest BCUT2D eigenvalue weighted by molar-refractivity contribution is -0.153. The molecule has 0 saturated heterocycles. The van der Waals surface area contributed by atoms with Crippen molar-refractivity contribution in [2.75, 3.05) is 26.2 Å². The second kappa shape index (κ2) is 7.61. The molecule has 0 aromatic rings. The Morgan fingerprint density at radius 1 is 1.35 bits per heavy atom. The number of nitrogens with one attached hydrogen (secondary N) is 1. The summed E-state index contributed by atoms with van der Waals surface area (Å²) in [6.07, 6.45) is -0.147. The van der Waals surface area contributed by atoms with Crippen LogP contribution >= 0.6 is 0 Å². The van der Waals surface area contributed by atoms with Gasteiger partial charge >= 0.3 is 6.18 Å². The number of aliphatic hydroxyl groups excluding tert-OH is 1. The number of hydrogen-bond donors (Lipinski definition) is 2. The molecule has 2 N–H and O–H groups in total. The molecule has 0 aliphatic heterocycles. The Labute approximate surface area is 119 Å². The molecule has 2 atom stereocenters. The third-order valence-corrected chi connectivity index (χ3v) is 4.18. The van der Waals surface area contributed by atoms with E-state index in [0.717, 1.165) is 32.2 Å². The van der Waals surface area contributed by atoms with E-state index < -0.39 is 18.3 Å². The van der Waals surface area contributed by atoms with Gasteiger partial charge in [-0.1, -0.05) is 13.8 Å². The Morgan fingerprint density at radius 2 is 2.05 bits per heavy atom. The van der Waals surface area contributed by atoms with Gasteiger partial charge in [-0.05, 0) is 45.2 Å². The molecule has 2 unspecified atom stereocenters. The van der Waals surface area contributed by atoms with E-state index in [4.69, 9.17) is 0 Å². The third-order valence-electron chi connectivity index (χ3n) is 4.18. The maximum atomic E-state index is 12.6. The smallest absolute Gasteiger partial charge is 0.394 e. The van der Waals surface area contributed by atoms with Crippen LogP contribution in [0.3, 0.4) is 0 Å². The fourth-order valence-electron chi connectivity index (χ4n) is 3.12. The molecule has 0 amide bonds. The molecule has 1 aliphatic carbocycles. The van der Waals surface area contributed by atoms with Gasteiger partial charge in [0.05, 0.1) is 13.2 Å². The molecular weight excluding hydrogens is 269 g/mol. The van der Waals surface area contributed by atoms with Crippen molar-refractivity contribution in [1.82, 2.24) is 10.2 Å². The van der Waals surface area contributed by atoms with E-state index in [2.05, 4.69) is 5.32 Å². The van der Waals surface area contributed by atoms with E-state index in [-0.39, 0.29) is 12.6 Å². The van der Waals surface area contributed by atoms with Crippen molar-refractivity contribution in [3.63, 3.8) is 0 Å². The van der Waals surface area contributed by atoms with Crippen LogP contribution in [-0.4, -0.2) is 54.0 Å². The fourth-order valence-corrected chi connectivity index (χ4v) is 3.12. The second-order valence-electron chi connectivity index (χ2n) is 5.79. The lowest BCUT2D eigenvalue weighted by atomic mass is 9.78. The summed E-state index contributed by atoms with van der Waals surface area (Å²) in [5.74, 6) is 0. The molecule has 0 heterocycles. The van der Waals surface area contributed by atoms with Crippen LogP contribution in [0.2, 0.25) is 0 Å². The Hall–Kier alpha value is -0.330. The van der Waals surface area contributed by atoms with Crippen LogP contribution < -0.4 is 5.32 Å². The van der Waals surface area contributed by atoms with Gasteiger partial charge < -0.3 is 10.4 Å². The first-order valence-electron chi connectivity index (χ1n) is 7.52. The van der Waals surface area contributed by atoms with Gasteiger partial charge in [0.25, 0.3) is 0 Å². The summed E-state index contributed by atoms with van der Waals surface area (Å²) >= 11 is 0. The molecule has 3 nitrogen and oxygen atoms in total. The van der Waals surface area contributed by atoms with E-state index >= 15 is 0 Å². The van der Waals surface area contributed by atoms with Gasteiger partial charge in [0.1, 0.15) is 0 Å². The summed E-state index contributed by atoms with van der Waals surface area (Å²) in [4.78, 5) is 1.50. The van der Waals surface area contributed by atoms with Crippen molar-refractivity contribution in [3.8, 4) is 0 Å². The maximum absolute atomic E-state index is 12.6. The SMILES string of the molecule is CCCNC1(CO)CCCC(N(CC)CC(F)(F)F)C1. The Kier molecular flexibility index (Phi) is 6.75. The summed E-state index contributed by atoms with van der Waals surface area (Å²) in [5.41, 5.74) is -0.405. The van der Waals surface area contributed by atoms with Crippen LogP contribution in [0, 0.1) is 0 Å². The molecular formula is C14H27F3N2O. The molecule has 1 aliphatic rings. The minimum Gasteiger partial charge on any atom is -0.394 e. The van der Waals surface area contributed by atoms with Crippen LogP contribution in [0.1, 0.15) is 46.0 Å². The molecule has 1 fully saturated rings. The van der Waals surface area contributed by atoms with Crippen molar-refractivity contribution in [2.24, 2.45) is 0 Å². The van der Waals surface area contributed by atoms with Crippen molar-refractivity contribution in [1.29, 1.82) is 0 Å². The van der Waals surface area contributed by atoms with Crippen molar-refractivity contribution in [2.45, 2.75) is 63.7 Å². The Morgan fingerprint density at radius 3 is 2.55 bits per heavy atom. The Balaban J connectivity index is 2.69. The molecule has 6 heteroatoms. The molecule has 0 radical (unpaired) electrons. The summed E-state index contributed by atoms with van der Waals surface area (Å²) in [7, 11) is 0. The first-order chi connectivity index (χ1) is 9.36. The molecule has 0 spiro atoms. The van der Waals surface area contributed by atoms with Crippen molar-refractivity contribution < 1.29 is 18.3 Å².